The molecule has 6 heteroatoms. The van der Waals surface area contributed by atoms with Crippen molar-refractivity contribution in [2.75, 3.05) is 11.9 Å². The molecule has 0 unspecified atom stereocenters. The molecule has 2 aromatic heterocycles. The van der Waals surface area contributed by atoms with Crippen LogP contribution in [0.4, 0.5) is 5.82 Å². The van der Waals surface area contributed by atoms with Crippen molar-refractivity contribution < 1.29 is 0 Å². The molecule has 120 valence electrons. The molecule has 0 atom stereocenters. The van der Waals surface area contributed by atoms with Gasteiger partial charge in [0.15, 0.2) is 5.82 Å². The van der Waals surface area contributed by atoms with Crippen molar-refractivity contribution in [2.45, 2.75) is 6.54 Å². The number of aryl methyl sites for hydroxylation is 1. The van der Waals surface area contributed by atoms with Gasteiger partial charge in [-0.1, -0.05) is 12.1 Å². The van der Waals surface area contributed by atoms with Gasteiger partial charge in [0, 0.05) is 43.7 Å². The first-order chi connectivity index (χ1) is 11.8. The lowest BCUT2D eigenvalue weighted by Crippen LogP contribution is -2.30. The van der Waals surface area contributed by atoms with E-state index in [0.717, 1.165) is 35.6 Å². The lowest BCUT2D eigenvalue weighted by molar-refractivity contribution is 0.385. The molecule has 0 fully saturated rings. The van der Waals surface area contributed by atoms with Crippen LogP contribution in [0.2, 0.25) is 0 Å². The van der Waals surface area contributed by atoms with Crippen LogP contribution in [-0.4, -0.2) is 32.4 Å². The lowest BCUT2D eigenvalue weighted by Gasteiger charge is -2.27. The van der Waals surface area contributed by atoms with E-state index in [4.69, 9.17) is 0 Å². The number of nitrogens with one attached hydrogen (secondary N) is 1. The topological polar surface area (TPSA) is 58.3 Å². The van der Waals surface area contributed by atoms with Crippen LogP contribution in [0.25, 0.3) is 10.9 Å². The number of anilines is 1. The fourth-order valence-corrected chi connectivity index (χ4v) is 2.77. The van der Waals surface area contributed by atoms with Gasteiger partial charge in [-0.05, 0) is 23.8 Å². The second kappa shape index (κ2) is 6.16. The summed E-state index contributed by atoms with van der Waals surface area (Å²) in [7, 11) is 1.90. The number of aromatic nitrogens is 3. The van der Waals surface area contributed by atoms with E-state index in [9.17, 15) is 0 Å². The molecule has 1 aromatic carbocycles. The van der Waals surface area contributed by atoms with Crippen molar-refractivity contribution in [3.8, 4) is 0 Å². The highest BCUT2D eigenvalue weighted by atomic mass is 15.3. The summed E-state index contributed by atoms with van der Waals surface area (Å²) in [5, 5.41) is 8.86. The van der Waals surface area contributed by atoms with Crippen LogP contribution in [0.1, 0.15) is 5.56 Å². The summed E-state index contributed by atoms with van der Waals surface area (Å²) in [6.45, 7) is 1.55. The molecule has 3 heterocycles. The average Bonchev–Trinajstić information content (AvgIpc) is 3.01. The van der Waals surface area contributed by atoms with E-state index in [2.05, 4.69) is 49.6 Å². The number of benzene rings is 1. The molecule has 0 bridgehead atoms. The van der Waals surface area contributed by atoms with Gasteiger partial charge < -0.3 is 10.2 Å². The molecule has 0 aliphatic carbocycles. The second-order valence-corrected chi connectivity index (χ2v) is 5.76. The van der Waals surface area contributed by atoms with Gasteiger partial charge in [0.25, 0.3) is 0 Å². The number of hydrogen-bond donors (Lipinski definition) is 1. The van der Waals surface area contributed by atoms with E-state index in [0.29, 0.717) is 0 Å². The van der Waals surface area contributed by atoms with Gasteiger partial charge in [0.2, 0.25) is 0 Å². The second-order valence-electron chi connectivity index (χ2n) is 5.76. The number of pyridine rings is 1. The SMILES string of the molecule is Cn1ccc(NC2=CN=CCN2Cc2ccc3ncccc3c2)n1. The zero-order valence-electron chi connectivity index (χ0n) is 13.4. The summed E-state index contributed by atoms with van der Waals surface area (Å²) in [4.78, 5) is 10.9. The van der Waals surface area contributed by atoms with Gasteiger partial charge in [-0.15, -0.1) is 0 Å². The van der Waals surface area contributed by atoms with E-state index in [1.54, 1.807) is 4.68 Å². The van der Waals surface area contributed by atoms with E-state index in [-0.39, 0.29) is 0 Å². The first-order valence-corrected chi connectivity index (χ1v) is 7.85. The minimum Gasteiger partial charge on any atom is -0.347 e. The maximum absolute atomic E-state index is 4.37. The third kappa shape index (κ3) is 2.99. The van der Waals surface area contributed by atoms with Gasteiger partial charge in [0.1, 0.15) is 5.82 Å². The molecule has 6 nitrogen and oxygen atoms in total. The summed E-state index contributed by atoms with van der Waals surface area (Å²) >= 11 is 0. The highest BCUT2D eigenvalue weighted by Gasteiger charge is 2.13. The standard InChI is InChI=1S/C18H18N6/c1-23-9-6-17(22-23)21-18-12-19-8-10-24(18)13-14-4-5-16-15(11-14)3-2-7-20-16/h2-9,11-12H,10,13H2,1H3,(H,21,22). The minimum atomic E-state index is 0.761. The number of fused-ring (bicyclic) bond motifs is 1. The predicted molar refractivity (Wildman–Crippen MR) is 95.6 cm³/mol. The Hall–Kier alpha value is -3.15. The molecule has 0 radical (unpaired) electrons. The van der Waals surface area contributed by atoms with Gasteiger partial charge in [-0.25, -0.2) is 0 Å². The Balaban J connectivity index is 1.55. The van der Waals surface area contributed by atoms with Crippen molar-refractivity contribution in [3.05, 3.63) is 66.4 Å². The van der Waals surface area contributed by atoms with Crippen LogP contribution in [0.5, 0.6) is 0 Å². The van der Waals surface area contributed by atoms with Gasteiger partial charge >= 0.3 is 0 Å². The van der Waals surface area contributed by atoms with Crippen LogP contribution in [0.3, 0.4) is 0 Å². The molecule has 1 aliphatic rings. The third-order valence-electron chi connectivity index (χ3n) is 3.96. The van der Waals surface area contributed by atoms with E-state index in [1.165, 1.54) is 5.56 Å². The van der Waals surface area contributed by atoms with Gasteiger partial charge in [-0.3, -0.25) is 14.7 Å². The molecule has 1 N–H and O–H groups in total. The fraction of sp³-hybridized carbons (Fsp3) is 0.167. The van der Waals surface area contributed by atoms with Gasteiger partial charge in [-0.2, -0.15) is 5.10 Å². The normalized spacial score (nSPS) is 14.0. The number of hydrogen-bond acceptors (Lipinski definition) is 5. The molecular weight excluding hydrogens is 300 g/mol. The summed E-state index contributed by atoms with van der Waals surface area (Å²) < 4.78 is 1.77. The minimum absolute atomic E-state index is 0.761. The Kier molecular flexibility index (Phi) is 3.70. The maximum Gasteiger partial charge on any atom is 0.153 e. The summed E-state index contributed by atoms with van der Waals surface area (Å²) in [5.74, 6) is 1.76. The quantitative estimate of drug-likeness (QED) is 0.803. The van der Waals surface area contributed by atoms with Crippen molar-refractivity contribution in [2.24, 2.45) is 12.0 Å². The maximum atomic E-state index is 4.37. The Morgan fingerprint density at radius 2 is 2.17 bits per heavy atom. The smallest absolute Gasteiger partial charge is 0.153 e. The van der Waals surface area contributed by atoms with Crippen molar-refractivity contribution in [1.82, 2.24) is 19.7 Å². The number of nitrogens with zero attached hydrogens (tertiary/aromatic N) is 5. The van der Waals surface area contributed by atoms with Crippen LogP contribution in [0.15, 0.2) is 65.8 Å². The molecule has 0 spiro atoms. The summed E-state index contributed by atoms with van der Waals surface area (Å²) in [6, 6.07) is 12.4. The van der Waals surface area contributed by atoms with Crippen molar-refractivity contribution >= 4 is 22.9 Å². The monoisotopic (exact) mass is 318 g/mol. The molecule has 24 heavy (non-hydrogen) atoms. The summed E-state index contributed by atoms with van der Waals surface area (Å²) in [5.41, 5.74) is 2.25. The lowest BCUT2D eigenvalue weighted by atomic mass is 10.1. The van der Waals surface area contributed by atoms with Crippen molar-refractivity contribution in [3.63, 3.8) is 0 Å². The Bertz CT molecular complexity index is 924. The molecule has 0 saturated heterocycles. The highest BCUT2D eigenvalue weighted by molar-refractivity contribution is 5.78. The molecule has 4 rings (SSSR count). The molecule has 3 aromatic rings. The summed E-state index contributed by atoms with van der Waals surface area (Å²) in [6.07, 6.45) is 7.48. The predicted octanol–water partition coefficient (Wildman–Crippen LogP) is 2.77. The Labute approximate surface area is 140 Å². The molecule has 1 aliphatic heterocycles. The fourth-order valence-electron chi connectivity index (χ4n) is 2.77. The number of rotatable bonds is 4. The van der Waals surface area contributed by atoms with Crippen LogP contribution >= 0.6 is 0 Å². The molecular formula is C18H18N6. The average molecular weight is 318 g/mol. The highest BCUT2D eigenvalue weighted by Crippen LogP contribution is 2.19. The van der Waals surface area contributed by atoms with Gasteiger partial charge in [0.05, 0.1) is 18.3 Å². The van der Waals surface area contributed by atoms with Crippen molar-refractivity contribution in [1.29, 1.82) is 0 Å². The molecule has 0 amide bonds. The zero-order valence-corrected chi connectivity index (χ0v) is 13.4. The van der Waals surface area contributed by atoms with E-state index < -0.39 is 0 Å². The van der Waals surface area contributed by atoms with Crippen LogP contribution in [0, 0.1) is 0 Å². The van der Waals surface area contributed by atoms with E-state index >= 15 is 0 Å². The first kappa shape index (κ1) is 14.4. The zero-order chi connectivity index (χ0) is 16.4. The third-order valence-corrected chi connectivity index (χ3v) is 3.96. The van der Waals surface area contributed by atoms with Crippen LogP contribution < -0.4 is 5.32 Å². The Morgan fingerprint density at radius 1 is 1.21 bits per heavy atom. The Morgan fingerprint density at radius 3 is 3.04 bits per heavy atom. The molecule has 0 saturated carbocycles. The first-order valence-electron chi connectivity index (χ1n) is 7.85. The number of aliphatic imine (C=N–C) groups is 1. The largest absolute Gasteiger partial charge is 0.347 e. The van der Waals surface area contributed by atoms with E-state index in [1.807, 2.05) is 44.0 Å². The van der Waals surface area contributed by atoms with Crippen LogP contribution in [-0.2, 0) is 13.6 Å².